The number of carboxylic acid groups (broad SMARTS) is 1. The maximum Gasteiger partial charge on any atom is 0.319 e. The first-order valence-electron chi connectivity index (χ1n) is 8.78. The second-order valence-corrected chi connectivity index (χ2v) is 7.07. The lowest BCUT2D eigenvalue weighted by molar-refractivity contribution is -0.137. The maximum absolute atomic E-state index is 12.2. The summed E-state index contributed by atoms with van der Waals surface area (Å²) in [5, 5.41) is 23.2. The van der Waals surface area contributed by atoms with E-state index in [9.17, 15) is 9.59 Å². The van der Waals surface area contributed by atoms with Crippen molar-refractivity contribution in [3.63, 3.8) is 0 Å². The molecule has 0 aliphatic rings. The predicted molar refractivity (Wildman–Crippen MR) is 106 cm³/mol. The number of aryl methyl sites for hydroxylation is 1. The van der Waals surface area contributed by atoms with Crippen LogP contribution in [-0.2, 0) is 4.79 Å². The summed E-state index contributed by atoms with van der Waals surface area (Å²) in [5.41, 5.74) is 1.35. The first kappa shape index (κ1) is 20.8. The molecule has 0 aliphatic heterocycles. The largest absolute Gasteiger partial charge is 0.481 e. The lowest BCUT2D eigenvalue weighted by Crippen LogP contribution is -2.45. The number of anilines is 1. The van der Waals surface area contributed by atoms with Gasteiger partial charge in [-0.3, -0.25) is 4.79 Å². The van der Waals surface area contributed by atoms with Gasteiger partial charge in [-0.05, 0) is 75.2 Å². The van der Waals surface area contributed by atoms with Crippen LogP contribution in [0.1, 0.15) is 37.8 Å². The van der Waals surface area contributed by atoms with E-state index in [0.717, 1.165) is 5.56 Å². The van der Waals surface area contributed by atoms with Crippen LogP contribution in [0, 0.1) is 18.3 Å². The molecule has 0 heterocycles. The zero-order valence-corrected chi connectivity index (χ0v) is 16.1. The molecule has 2 aromatic carbocycles. The molecular formula is C21H23N3O4. The molecule has 0 unspecified atom stereocenters. The lowest BCUT2D eigenvalue weighted by Gasteiger charge is -2.26. The molecule has 28 heavy (non-hydrogen) atoms. The lowest BCUT2D eigenvalue weighted by atomic mass is 9.99. The number of nitrogens with zero attached hydrogens (tertiary/aromatic N) is 1. The topological polar surface area (TPSA) is 111 Å². The minimum absolute atomic E-state index is 0.0201. The smallest absolute Gasteiger partial charge is 0.319 e. The van der Waals surface area contributed by atoms with Gasteiger partial charge in [0.15, 0.2) is 0 Å². The van der Waals surface area contributed by atoms with Crippen molar-refractivity contribution in [1.29, 1.82) is 5.26 Å². The Morgan fingerprint density at radius 1 is 1.14 bits per heavy atom. The Kier molecular flexibility index (Phi) is 6.61. The van der Waals surface area contributed by atoms with Gasteiger partial charge in [0, 0.05) is 17.6 Å². The van der Waals surface area contributed by atoms with E-state index < -0.39 is 17.5 Å². The number of amides is 2. The molecule has 2 amide bonds. The highest BCUT2D eigenvalue weighted by atomic mass is 16.5. The van der Waals surface area contributed by atoms with Crippen molar-refractivity contribution in [3.8, 4) is 17.6 Å². The number of carbonyl (C=O) groups excluding carboxylic acids is 1. The van der Waals surface area contributed by atoms with Gasteiger partial charge in [0.1, 0.15) is 11.5 Å². The van der Waals surface area contributed by atoms with Crippen LogP contribution in [0.5, 0.6) is 11.5 Å². The molecule has 2 aromatic rings. The molecule has 0 atom stereocenters. The Bertz CT molecular complexity index is 899. The number of carboxylic acids is 1. The first-order chi connectivity index (χ1) is 13.2. The van der Waals surface area contributed by atoms with Crippen molar-refractivity contribution in [1.82, 2.24) is 5.32 Å². The number of rotatable bonds is 7. The minimum atomic E-state index is -0.899. The molecule has 0 bridgehead atoms. The third-order valence-electron chi connectivity index (χ3n) is 4.08. The number of aliphatic carboxylic acids is 1. The summed E-state index contributed by atoms with van der Waals surface area (Å²) in [6.07, 6.45) is 0.305. The third kappa shape index (κ3) is 6.32. The van der Waals surface area contributed by atoms with Crippen molar-refractivity contribution in [2.75, 3.05) is 5.32 Å². The molecule has 0 saturated heterocycles. The molecular weight excluding hydrogens is 358 g/mol. The minimum Gasteiger partial charge on any atom is -0.481 e. The van der Waals surface area contributed by atoms with Gasteiger partial charge < -0.3 is 20.5 Å². The van der Waals surface area contributed by atoms with Gasteiger partial charge in [0.05, 0.1) is 11.6 Å². The molecule has 0 saturated carbocycles. The number of benzene rings is 2. The summed E-state index contributed by atoms with van der Waals surface area (Å²) in [6.45, 7) is 5.39. The van der Waals surface area contributed by atoms with Crippen molar-refractivity contribution in [3.05, 3.63) is 53.6 Å². The van der Waals surface area contributed by atoms with Crippen LogP contribution in [-0.4, -0.2) is 22.6 Å². The summed E-state index contributed by atoms with van der Waals surface area (Å²) in [4.78, 5) is 22.9. The highest BCUT2D eigenvalue weighted by Crippen LogP contribution is 2.26. The standard InChI is InChI=1S/C21H23N3O4/c1-14-12-17(28-16-6-4-15(13-22)5-7-16)8-9-18(14)23-20(27)24-21(2,3)11-10-19(25)26/h4-9,12H,10-11H2,1-3H3,(H,25,26)(H2,23,24,27). The second-order valence-electron chi connectivity index (χ2n) is 7.07. The quantitative estimate of drug-likeness (QED) is 0.657. The van der Waals surface area contributed by atoms with E-state index in [1.165, 1.54) is 0 Å². The monoisotopic (exact) mass is 381 g/mol. The fourth-order valence-electron chi connectivity index (χ4n) is 2.52. The fraction of sp³-hybridized carbons (Fsp3) is 0.286. The van der Waals surface area contributed by atoms with Crippen LogP contribution in [0.25, 0.3) is 0 Å². The van der Waals surface area contributed by atoms with Gasteiger partial charge in [0.25, 0.3) is 0 Å². The van der Waals surface area contributed by atoms with E-state index in [2.05, 4.69) is 16.7 Å². The molecule has 0 fully saturated rings. The molecule has 0 radical (unpaired) electrons. The van der Waals surface area contributed by atoms with Crippen molar-refractivity contribution < 1.29 is 19.4 Å². The average molecular weight is 381 g/mol. The molecule has 0 aromatic heterocycles. The zero-order valence-electron chi connectivity index (χ0n) is 16.1. The third-order valence-corrected chi connectivity index (χ3v) is 4.08. The Morgan fingerprint density at radius 3 is 2.36 bits per heavy atom. The van der Waals surface area contributed by atoms with Gasteiger partial charge in [-0.2, -0.15) is 5.26 Å². The summed E-state index contributed by atoms with van der Waals surface area (Å²) < 4.78 is 5.76. The SMILES string of the molecule is Cc1cc(Oc2ccc(C#N)cc2)ccc1NC(=O)NC(C)(C)CCC(=O)O. The van der Waals surface area contributed by atoms with E-state index in [4.69, 9.17) is 15.1 Å². The maximum atomic E-state index is 12.2. The van der Waals surface area contributed by atoms with Crippen LogP contribution in [0.3, 0.4) is 0 Å². The van der Waals surface area contributed by atoms with E-state index >= 15 is 0 Å². The fourth-order valence-corrected chi connectivity index (χ4v) is 2.52. The molecule has 2 rings (SSSR count). The Morgan fingerprint density at radius 2 is 1.79 bits per heavy atom. The van der Waals surface area contributed by atoms with Crippen LogP contribution in [0.15, 0.2) is 42.5 Å². The summed E-state index contributed by atoms with van der Waals surface area (Å²) in [6, 6.07) is 13.7. The number of carbonyl (C=O) groups is 2. The van der Waals surface area contributed by atoms with Gasteiger partial charge in [0.2, 0.25) is 0 Å². The average Bonchev–Trinajstić information content (AvgIpc) is 2.63. The molecule has 7 heteroatoms. The van der Waals surface area contributed by atoms with Crippen molar-refractivity contribution in [2.45, 2.75) is 39.2 Å². The second kappa shape index (κ2) is 8.91. The molecule has 146 valence electrons. The van der Waals surface area contributed by atoms with Gasteiger partial charge in [-0.15, -0.1) is 0 Å². The van der Waals surface area contributed by atoms with Crippen LogP contribution in [0.4, 0.5) is 10.5 Å². The zero-order chi connectivity index (χ0) is 20.7. The number of hydrogen-bond acceptors (Lipinski definition) is 4. The first-order valence-corrected chi connectivity index (χ1v) is 8.78. The predicted octanol–water partition coefficient (Wildman–Crippen LogP) is 4.42. The molecule has 3 N–H and O–H groups in total. The summed E-state index contributed by atoms with van der Waals surface area (Å²) in [7, 11) is 0. The Hall–Kier alpha value is -3.53. The molecule has 0 spiro atoms. The highest BCUT2D eigenvalue weighted by molar-refractivity contribution is 5.90. The molecule has 7 nitrogen and oxygen atoms in total. The van der Waals surface area contributed by atoms with Gasteiger partial charge >= 0.3 is 12.0 Å². The normalized spacial score (nSPS) is 10.6. The van der Waals surface area contributed by atoms with Gasteiger partial charge in [-0.1, -0.05) is 0 Å². The van der Waals surface area contributed by atoms with Crippen molar-refractivity contribution >= 4 is 17.7 Å². The number of hydrogen-bond donors (Lipinski definition) is 3. The summed E-state index contributed by atoms with van der Waals surface area (Å²) >= 11 is 0. The van der Waals surface area contributed by atoms with Gasteiger partial charge in [-0.25, -0.2) is 4.79 Å². The van der Waals surface area contributed by atoms with Crippen LogP contribution in [0.2, 0.25) is 0 Å². The number of nitrogens with one attached hydrogen (secondary N) is 2. The van der Waals surface area contributed by atoms with E-state index in [0.29, 0.717) is 29.2 Å². The number of ether oxygens (including phenoxy) is 1. The van der Waals surface area contributed by atoms with Crippen LogP contribution >= 0.6 is 0 Å². The van der Waals surface area contributed by atoms with E-state index in [1.54, 1.807) is 56.3 Å². The van der Waals surface area contributed by atoms with Crippen LogP contribution < -0.4 is 15.4 Å². The molecule has 0 aliphatic carbocycles. The van der Waals surface area contributed by atoms with E-state index in [1.807, 2.05) is 6.92 Å². The summed E-state index contributed by atoms with van der Waals surface area (Å²) in [5.74, 6) is 0.316. The highest BCUT2D eigenvalue weighted by Gasteiger charge is 2.21. The van der Waals surface area contributed by atoms with Crippen molar-refractivity contribution in [2.24, 2.45) is 0 Å². The Labute approximate surface area is 163 Å². The van der Waals surface area contributed by atoms with E-state index in [-0.39, 0.29) is 6.42 Å². The Balaban J connectivity index is 1.98. The number of nitriles is 1. The number of urea groups is 1.